The van der Waals surface area contributed by atoms with Gasteiger partial charge in [-0.2, -0.15) is 0 Å². The zero-order valence-electron chi connectivity index (χ0n) is 15.5. The molecule has 0 spiro atoms. The van der Waals surface area contributed by atoms with Gasteiger partial charge < -0.3 is 14.4 Å². The third kappa shape index (κ3) is 4.63. The second-order valence-corrected chi connectivity index (χ2v) is 6.74. The lowest BCUT2D eigenvalue weighted by atomic mass is 10.1. The van der Waals surface area contributed by atoms with E-state index >= 15 is 0 Å². The average Bonchev–Trinajstić information content (AvgIpc) is 3.21. The van der Waals surface area contributed by atoms with Gasteiger partial charge in [0, 0.05) is 19.2 Å². The molecule has 2 aromatic carbocycles. The summed E-state index contributed by atoms with van der Waals surface area (Å²) in [5, 5.41) is 0. The van der Waals surface area contributed by atoms with E-state index in [1.165, 1.54) is 11.0 Å². The molecule has 1 aliphatic heterocycles. The third-order valence-corrected chi connectivity index (χ3v) is 4.89. The van der Waals surface area contributed by atoms with Gasteiger partial charge in [0.05, 0.1) is 12.1 Å². The number of rotatable bonds is 6. The van der Waals surface area contributed by atoms with Crippen molar-refractivity contribution in [3.8, 4) is 5.75 Å². The Kier molecular flexibility index (Phi) is 6.06. The van der Waals surface area contributed by atoms with Crippen molar-refractivity contribution in [2.75, 3.05) is 20.3 Å². The van der Waals surface area contributed by atoms with E-state index < -0.39 is 17.7 Å². The quantitative estimate of drug-likeness (QED) is 0.753. The lowest BCUT2D eigenvalue weighted by molar-refractivity contribution is 0.0678. The van der Waals surface area contributed by atoms with E-state index in [9.17, 15) is 13.6 Å². The van der Waals surface area contributed by atoms with Crippen molar-refractivity contribution >= 4 is 5.91 Å². The minimum Gasteiger partial charge on any atom is -0.491 e. The Morgan fingerprint density at radius 3 is 2.59 bits per heavy atom. The minimum absolute atomic E-state index is 0.134. The van der Waals surface area contributed by atoms with Crippen molar-refractivity contribution in [3.05, 3.63) is 65.2 Å². The third-order valence-electron chi connectivity index (χ3n) is 4.89. The highest BCUT2D eigenvalue weighted by molar-refractivity contribution is 5.94. The van der Waals surface area contributed by atoms with Crippen LogP contribution in [0.5, 0.6) is 5.75 Å². The molecule has 6 heteroatoms. The fourth-order valence-electron chi connectivity index (χ4n) is 3.03. The number of hydrogen-bond donors (Lipinski definition) is 0. The molecule has 2 unspecified atom stereocenters. The summed E-state index contributed by atoms with van der Waals surface area (Å²) >= 11 is 0. The maximum atomic E-state index is 13.5. The molecule has 1 heterocycles. The van der Waals surface area contributed by atoms with Gasteiger partial charge in [-0.15, -0.1) is 0 Å². The SMILES string of the molecule is CC(c1ccc(F)c(F)c1)N(C)C(=O)c1ccc(OCC2CCCO2)cc1. The molecular formula is C21H23F2NO3. The van der Waals surface area contributed by atoms with E-state index in [-0.39, 0.29) is 12.0 Å². The molecule has 0 saturated carbocycles. The van der Waals surface area contributed by atoms with E-state index in [0.29, 0.717) is 23.5 Å². The summed E-state index contributed by atoms with van der Waals surface area (Å²) in [7, 11) is 1.64. The maximum absolute atomic E-state index is 13.5. The summed E-state index contributed by atoms with van der Waals surface area (Å²) in [4.78, 5) is 14.2. The number of benzene rings is 2. The molecule has 0 N–H and O–H groups in total. The first kappa shape index (κ1) is 19.3. The lowest BCUT2D eigenvalue weighted by Crippen LogP contribution is -2.29. The van der Waals surface area contributed by atoms with Crippen LogP contribution in [0, 0.1) is 11.6 Å². The van der Waals surface area contributed by atoms with Crippen molar-refractivity contribution in [1.29, 1.82) is 0 Å². The number of halogens is 2. The van der Waals surface area contributed by atoms with E-state index in [1.54, 1.807) is 38.2 Å². The van der Waals surface area contributed by atoms with Crippen LogP contribution in [0.1, 0.15) is 41.7 Å². The molecule has 2 atom stereocenters. The standard InChI is InChI=1S/C21H23F2NO3/c1-14(16-7-10-19(22)20(23)12-16)24(2)21(25)15-5-8-17(9-6-15)27-13-18-4-3-11-26-18/h5-10,12,14,18H,3-4,11,13H2,1-2H3. The Bertz CT molecular complexity index is 789. The van der Waals surface area contributed by atoms with Gasteiger partial charge in [0.2, 0.25) is 0 Å². The first-order valence-corrected chi connectivity index (χ1v) is 9.02. The van der Waals surface area contributed by atoms with Gasteiger partial charge >= 0.3 is 0 Å². The largest absolute Gasteiger partial charge is 0.491 e. The molecular weight excluding hydrogens is 352 g/mol. The monoisotopic (exact) mass is 375 g/mol. The molecule has 27 heavy (non-hydrogen) atoms. The van der Waals surface area contributed by atoms with Crippen LogP contribution in [0.2, 0.25) is 0 Å². The Morgan fingerprint density at radius 1 is 1.22 bits per heavy atom. The molecule has 3 rings (SSSR count). The molecule has 4 nitrogen and oxygen atoms in total. The van der Waals surface area contributed by atoms with Crippen LogP contribution >= 0.6 is 0 Å². The molecule has 1 aliphatic rings. The minimum atomic E-state index is -0.923. The summed E-state index contributed by atoms with van der Waals surface area (Å²) in [6.07, 6.45) is 2.20. The lowest BCUT2D eigenvalue weighted by Gasteiger charge is -2.25. The van der Waals surface area contributed by atoms with Gasteiger partial charge in [0.15, 0.2) is 11.6 Å². The summed E-state index contributed by atoms with van der Waals surface area (Å²) in [5.41, 5.74) is 1.03. The summed E-state index contributed by atoms with van der Waals surface area (Å²) in [6.45, 7) is 3.05. The van der Waals surface area contributed by atoms with Crippen LogP contribution < -0.4 is 4.74 Å². The molecule has 0 radical (unpaired) electrons. The molecule has 2 aromatic rings. The van der Waals surface area contributed by atoms with Crippen LogP contribution in [0.15, 0.2) is 42.5 Å². The van der Waals surface area contributed by atoms with Crippen LogP contribution in [-0.2, 0) is 4.74 Å². The summed E-state index contributed by atoms with van der Waals surface area (Å²) < 4.78 is 37.8. The van der Waals surface area contributed by atoms with Gasteiger partial charge in [-0.25, -0.2) is 8.78 Å². The number of amides is 1. The van der Waals surface area contributed by atoms with Crippen LogP contribution in [0.4, 0.5) is 8.78 Å². The van der Waals surface area contributed by atoms with Crippen molar-refractivity contribution in [1.82, 2.24) is 4.90 Å². The van der Waals surface area contributed by atoms with E-state index in [4.69, 9.17) is 9.47 Å². The van der Waals surface area contributed by atoms with Crippen molar-refractivity contribution in [2.24, 2.45) is 0 Å². The number of hydrogen-bond acceptors (Lipinski definition) is 3. The zero-order chi connectivity index (χ0) is 19.4. The highest BCUT2D eigenvalue weighted by Crippen LogP contribution is 2.23. The van der Waals surface area contributed by atoms with Gasteiger partial charge in [0.25, 0.3) is 5.91 Å². The highest BCUT2D eigenvalue weighted by Gasteiger charge is 2.20. The fourth-order valence-corrected chi connectivity index (χ4v) is 3.03. The van der Waals surface area contributed by atoms with E-state index in [2.05, 4.69) is 0 Å². The molecule has 1 amide bonds. The smallest absolute Gasteiger partial charge is 0.254 e. The average molecular weight is 375 g/mol. The number of nitrogens with zero attached hydrogens (tertiary/aromatic N) is 1. The van der Waals surface area contributed by atoms with Gasteiger partial charge in [-0.1, -0.05) is 6.07 Å². The number of carbonyl (C=O) groups is 1. The summed E-state index contributed by atoms with van der Waals surface area (Å²) in [5.74, 6) is -1.36. The molecule has 144 valence electrons. The topological polar surface area (TPSA) is 38.8 Å². The maximum Gasteiger partial charge on any atom is 0.254 e. The Morgan fingerprint density at radius 2 is 1.96 bits per heavy atom. The second kappa shape index (κ2) is 8.48. The molecule has 1 saturated heterocycles. The van der Waals surface area contributed by atoms with E-state index in [1.807, 2.05) is 0 Å². The van der Waals surface area contributed by atoms with Gasteiger partial charge in [0.1, 0.15) is 12.4 Å². The molecule has 0 aliphatic carbocycles. The number of carbonyl (C=O) groups excluding carboxylic acids is 1. The van der Waals surface area contributed by atoms with Gasteiger partial charge in [-0.05, 0) is 61.7 Å². The van der Waals surface area contributed by atoms with Crippen LogP contribution in [0.3, 0.4) is 0 Å². The highest BCUT2D eigenvalue weighted by atomic mass is 19.2. The zero-order valence-corrected chi connectivity index (χ0v) is 15.5. The van der Waals surface area contributed by atoms with E-state index in [0.717, 1.165) is 31.6 Å². The first-order valence-electron chi connectivity index (χ1n) is 9.02. The summed E-state index contributed by atoms with van der Waals surface area (Å²) in [6, 6.07) is 10.2. The predicted octanol–water partition coefficient (Wildman–Crippen LogP) is 4.36. The normalized spacial score (nSPS) is 17.6. The Balaban J connectivity index is 1.62. The van der Waals surface area contributed by atoms with Crippen molar-refractivity contribution < 1.29 is 23.0 Å². The fraction of sp³-hybridized carbons (Fsp3) is 0.381. The van der Waals surface area contributed by atoms with Crippen LogP contribution in [-0.4, -0.2) is 37.2 Å². The van der Waals surface area contributed by atoms with Crippen molar-refractivity contribution in [2.45, 2.75) is 31.9 Å². The Hall–Kier alpha value is -2.47. The second-order valence-electron chi connectivity index (χ2n) is 6.74. The predicted molar refractivity (Wildman–Crippen MR) is 97.8 cm³/mol. The molecule has 1 fully saturated rings. The first-order chi connectivity index (χ1) is 13.0. The number of ether oxygens (including phenoxy) is 2. The Labute approximate surface area is 157 Å². The van der Waals surface area contributed by atoms with Gasteiger partial charge in [-0.3, -0.25) is 4.79 Å². The van der Waals surface area contributed by atoms with Crippen molar-refractivity contribution in [3.63, 3.8) is 0 Å². The molecule has 0 aromatic heterocycles. The molecule has 0 bridgehead atoms. The van der Waals surface area contributed by atoms with Crippen LogP contribution in [0.25, 0.3) is 0 Å².